The lowest BCUT2D eigenvalue weighted by molar-refractivity contribution is -0.122. The van der Waals surface area contributed by atoms with Crippen LogP contribution in [-0.4, -0.2) is 48.2 Å². The van der Waals surface area contributed by atoms with Crippen LogP contribution in [0.5, 0.6) is 0 Å². The Morgan fingerprint density at radius 3 is 2.71 bits per heavy atom. The number of nitrogens with zero attached hydrogens (tertiary/aromatic N) is 1. The van der Waals surface area contributed by atoms with E-state index in [2.05, 4.69) is 10.2 Å². The Hall–Kier alpha value is -1.53. The van der Waals surface area contributed by atoms with E-state index >= 15 is 0 Å². The summed E-state index contributed by atoms with van der Waals surface area (Å²) in [7, 11) is 0. The summed E-state index contributed by atoms with van der Waals surface area (Å²) in [6.07, 6.45) is 3.06. The number of rotatable bonds is 6. The molecule has 2 N–H and O–H groups in total. The van der Waals surface area contributed by atoms with E-state index in [9.17, 15) is 18.7 Å². The van der Waals surface area contributed by atoms with Crippen LogP contribution in [0.4, 0.5) is 8.78 Å². The number of aliphatic hydroxyl groups is 1. The fourth-order valence-electron chi connectivity index (χ4n) is 3.38. The molecular formula is C18H24F2N2O2. The van der Waals surface area contributed by atoms with E-state index in [4.69, 9.17) is 0 Å². The molecule has 1 saturated carbocycles. The number of halogens is 2. The van der Waals surface area contributed by atoms with Gasteiger partial charge >= 0.3 is 0 Å². The predicted octanol–water partition coefficient (Wildman–Crippen LogP) is 2.03. The van der Waals surface area contributed by atoms with Gasteiger partial charge in [-0.25, -0.2) is 8.78 Å². The first-order valence-corrected chi connectivity index (χ1v) is 8.67. The molecule has 2 fully saturated rings. The molecule has 132 valence electrons. The summed E-state index contributed by atoms with van der Waals surface area (Å²) < 4.78 is 26.2. The van der Waals surface area contributed by atoms with E-state index in [0.717, 1.165) is 45.0 Å². The molecule has 1 aliphatic heterocycles. The van der Waals surface area contributed by atoms with Gasteiger partial charge in [-0.05, 0) is 55.8 Å². The number of hydrogen-bond donors (Lipinski definition) is 2. The molecule has 6 heteroatoms. The highest BCUT2D eigenvalue weighted by atomic mass is 19.2. The highest BCUT2D eigenvalue weighted by Gasteiger charge is 2.43. The van der Waals surface area contributed by atoms with Crippen LogP contribution in [0.2, 0.25) is 0 Å². The van der Waals surface area contributed by atoms with Gasteiger partial charge in [0.05, 0.1) is 6.10 Å². The summed E-state index contributed by atoms with van der Waals surface area (Å²) in [6.45, 7) is 3.37. The van der Waals surface area contributed by atoms with Crippen LogP contribution in [0.3, 0.4) is 0 Å². The van der Waals surface area contributed by atoms with Crippen LogP contribution in [-0.2, 0) is 4.79 Å². The molecule has 24 heavy (non-hydrogen) atoms. The first-order valence-electron chi connectivity index (χ1n) is 8.67. The first kappa shape index (κ1) is 17.3. The number of amides is 1. The van der Waals surface area contributed by atoms with Crippen molar-refractivity contribution in [3.63, 3.8) is 0 Å². The molecule has 2 unspecified atom stereocenters. The van der Waals surface area contributed by atoms with Gasteiger partial charge < -0.3 is 15.3 Å². The monoisotopic (exact) mass is 338 g/mol. The summed E-state index contributed by atoms with van der Waals surface area (Å²) in [4.78, 5) is 14.4. The molecule has 2 aliphatic rings. The van der Waals surface area contributed by atoms with Crippen molar-refractivity contribution < 1.29 is 18.7 Å². The minimum Gasteiger partial charge on any atom is -0.393 e. The normalized spacial score (nSPS) is 24.8. The lowest BCUT2D eigenvalue weighted by Crippen LogP contribution is -2.37. The van der Waals surface area contributed by atoms with Gasteiger partial charge in [-0.2, -0.15) is 0 Å². The standard InChI is InChI=1S/C18H24F2N2O2/c19-16-3-2-12(10-17(16)20)14-11-15(14)18(24)21-6-1-7-22-8-4-13(23)5-9-22/h2-3,10,13-15,23H,1,4-9,11H2,(H,21,24). The molecule has 1 aromatic rings. The van der Waals surface area contributed by atoms with Crippen molar-refractivity contribution in [3.8, 4) is 0 Å². The van der Waals surface area contributed by atoms with E-state index < -0.39 is 11.6 Å². The van der Waals surface area contributed by atoms with Gasteiger partial charge in [-0.1, -0.05) is 6.07 Å². The Morgan fingerprint density at radius 2 is 2.00 bits per heavy atom. The Balaban J connectivity index is 1.35. The zero-order chi connectivity index (χ0) is 17.1. The molecule has 0 aromatic heterocycles. The van der Waals surface area contributed by atoms with Crippen molar-refractivity contribution in [1.29, 1.82) is 0 Å². The second-order valence-electron chi connectivity index (χ2n) is 6.84. The Labute approximate surface area is 140 Å². The maximum Gasteiger partial charge on any atom is 0.223 e. The number of likely N-dealkylation sites (tertiary alicyclic amines) is 1. The van der Waals surface area contributed by atoms with Gasteiger partial charge in [0.2, 0.25) is 5.91 Å². The number of carbonyl (C=O) groups excluding carboxylic acids is 1. The summed E-state index contributed by atoms with van der Waals surface area (Å²) in [6, 6.07) is 3.87. The van der Waals surface area contributed by atoms with E-state index in [1.54, 1.807) is 6.07 Å². The topological polar surface area (TPSA) is 52.6 Å². The Kier molecular flexibility index (Phi) is 5.46. The third kappa shape index (κ3) is 4.30. The van der Waals surface area contributed by atoms with Crippen molar-refractivity contribution in [3.05, 3.63) is 35.4 Å². The lowest BCUT2D eigenvalue weighted by Gasteiger charge is -2.29. The van der Waals surface area contributed by atoms with Crippen LogP contribution in [0.1, 0.15) is 37.2 Å². The number of piperidine rings is 1. The van der Waals surface area contributed by atoms with Crippen molar-refractivity contribution in [2.45, 2.75) is 37.7 Å². The fraction of sp³-hybridized carbons (Fsp3) is 0.611. The highest BCUT2D eigenvalue weighted by Crippen LogP contribution is 2.47. The molecule has 1 aromatic carbocycles. The molecule has 2 atom stereocenters. The highest BCUT2D eigenvalue weighted by molar-refractivity contribution is 5.82. The molecular weight excluding hydrogens is 314 g/mol. The smallest absolute Gasteiger partial charge is 0.223 e. The van der Waals surface area contributed by atoms with Gasteiger partial charge in [0, 0.05) is 25.6 Å². The number of hydrogen-bond acceptors (Lipinski definition) is 3. The van der Waals surface area contributed by atoms with Crippen LogP contribution in [0.25, 0.3) is 0 Å². The number of carbonyl (C=O) groups is 1. The van der Waals surface area contributed by atoms with E-state index in [1.165, 1.54) is 6.07 Å². The molecule has 1 amide bonds. The Bertz CT molecular complexity index is 588. The number of aliphatic hydroxyl groups excluding tert-OH is 1. The van der Waals surface area contributed by atoms with Crippen molar-refractivity contribution in [1.82, 2.24) is 10.2 Å². The number of benzene rings is 1. The molecule has 0 bridgehead atoms. The minimum absolute atomic E-state index is 0.00111. The van der Waals surface area contributed by atoms with E-state index in [1.807, 2.05) is 0 Å². The molecule has 3 rings (SSSR count). The first-order chi connectivity index (χ1) is 11.5. The molecule has 1 heterocycles. The van der Waals surface area contributed by atoms with Crippen molar-refractivity contribution in [2.24, 2.45) is 5.92 Å². The zero-order valence-corrected chi connectivity index (χ0v) is 13.7. The largest absolute Gasteiger partial charge is 0.393 e. The maximum atomic E-state index is 13.2. The maximum absolute atomic E-state index is 13.2. The van der Waals surface area contributed by atoms with Crippen LogP contribution in [0, 0.1) is 17.6 Å². The molecule has 4 nitrogen and oxygen atoms in total. The van der Waals surface area contributed by atoms with Gasteiger partial charge in [-0.3, -0.25) is 4.79 Å². The van der Waals surface area contributed by atoms with Crippen LogP contribution >= 0.6 is 0 Å². The third-order valence-corrected chi connectivity index (χ3v) is 5.01. The van der Waals surface area contributed by atoms with Gasteiger partial charge in [0.25, 0.3) is 0 Å². The zero-order valence-electron chi connectivity index (χ0n) is 13.7. The Morgan fingerprint density at radius 1 is 1.25 bits per heavy atom. The van der Waals surface area contributed by atoms with Gasteiger partial charge in [-0.15, -0.1) is 0 Å². The second kappa shape index (κ2) is 7.57. The second-order valence-corrected chi connectivity index (χ2v) is 6.84. The summed E-state index contributed by atoms with van der Waals surface area (Å²) in [5.41, 5.74) is 0.695. The van der Waals surface area contributed by atoms with Crippen molar-refractivity contribution >= 4 is 5.91 Å². The molecule has 0 radical (unpaired) electrons. The molecule has 0 spiro atoms. The summed E-state index contributed by atoms with van der Waals surface area (Å²) in [5.74, 6) is -1.83. The predicted molar refractivity (Wildman–Crippen MR) is 86.5 cm³/mol. The van der Waals surface area contributed by atoms with Crippen LogP contribution < -0.4 is 5.32 Å². The van der Waals surface area contributed by atoms with E-state index in [0.29, 0.717) is 18.5 Å². The summed E-state index contributed by atoms with van der Waals surface area (Å²) >= 11 is 0. The molecule has 1 aliphatic carbocycles. The molecule has 1 saturated heterocycles. The SMILES string of the molecule is O=C(NCCCN1CCC(O)CC1)C1CC1c1ccc(F)c(F)c1. The van der Waals surface area contributed by atoms with Gasteiger partial charge in [0.1, 0.15) is 0 Å². The number of nitrogens with one attached hydrogen (secondary N) is 1. The minimum atomic E-state index is -0.856. The average molecular weight is 338 g/mol. The van der Waals surface area contributed by atoms with Crippen LogP contribution in [0.15, 0.2) is 18.2 Å². The fourth-order valence-corrected chi connectivity index (χ4v) is 3.38. The average Bonchev–Trinajstić information content (AvgIpc) is 3.36. The van der Waals surface area contributed by atoms with Crippen molar-refractivity contribution in [2.75, 3.05) is 26.2 Å². The lowest BCUT2D eigenvalue weighted by atomic mass is 10.1. The quantitative estimate of drug-likeness (QED) is 0.781. The van der Waals surface area contributed by atoms with E-state index in [-0.39, 0.29) is 23.8 Å². The van der Waals surface area contributed by atoms with Gasteiger partial charge in [0.15, 0.2) is 11.6 Å². The summed E-state index contributed by atoms with van der Waals surface area (Å²) in [5, 5.41) is 12.4. The third-order valence-electron chi connectivity index (χ3n) is 5.01.